The van der Waals surface area contributed by atoms with Gasteiger partial charge in [0.1, 0.15) is 0 Å². The predicted molar refractivity (Wildman–Crippen MR) is 81.6 cm³/mol. The molecule has 0 atom stereocenters. The Hall–Kier alpha value is -1.36. The number of nitrogens with zero attached hydrogens (tertiary/aromatic N) is 2. The highest BCUT2D eigenvalue weighted by Crippen LogP contribution is 2.24. The zero-order valence-corrected chi connectivity index (χ0v) is 12.9. The Morgan fingerprint density at radius 2 is 2.15 bits per heavy atom. The molecule has 20 heavy (non-hydrogen) atoms. The van der Waals surface area contributed by atoms with Crippen molar-refractivity contribution in [3.05, 3.63) is 46.5 Å². The summed E-state index contributed by atoms with van der Waals surface area (Å²) in [4.78, 5) is 4.30. The second-order valence-corrected chi connectivity index (χ2v) is 5.15. The number of hydrogen-bond acceptors (Lipinski definition) is 3. The largest absolute Gasteiger partial charge is 0.383 e. The molecule has 0 aliphatic rings. The van der Waals surface area contributed by atoms with Gasteiger partial charge in [-0.05, 0) is 31.5 Å². The molecule has 5 heteroatoms. The summed E-state index contributed by atoms with van der Waals surface area (Å²) in [5, 5.41) is 4.03. The number of ether oxygens (including phenoxy) is 1. The van der Waals surface area contributed by atoms with Crippen LogP contribution in [-0.4, -0.2) is 29.8 Å². The van der Waals surface area contributed by atoms with Gasteiger partial charge in [-0.15, -0.1) is 0 Å². The first-order valence-corrected chi connectivity index (χ1v) is 7.00. The van der Waals surface area contributed by atoms with E-state index in [-0.39, 0.29) is 0 Å². The highest BCUT2D eigenvalue weighted by molar-refractivity contribution is 6.32. The van der Waals surface area contributed by atoms with Crippen molar-refractivity contribution in [3.63, 3.8) is 0 Å². The van der Waals surface area contributed by atoms with Crippen LogP contribution >= 0.6 is 11.6 Å². The Morgan fingerprint density at radius 1 is 1.35 bits per heavy atom. The molecule has 0 radical (unpaired) electrons. The number of benzene rings is 1. The molecule has 2 aromatic rings. The van der Waals surface area contributed by atoms with E-state index in [1.54, 1.807) is 7.11 Å². The molecule has 0 unspecified atom stereocenters. The zero-order chi connectivity index (χ0) is 14.5. The third-order valence-electron chi connectivity index (χ3n) is 3.34. The van der Waals surface area contributed by atoms with Crippen LogP contribution in [0.1, 0.15) is 17.0 Å². The van der Waals surface area contributed by atoms with Gasteiger partial charge in [0, 0.05) is 25.9 Å². The van der Waals surface area contributed by atoms with Crippen molar-refractivity contribution in [2.45, 2.75) is 20.4 Å². The smallest absolute Gasteiger partial charge is 0.0997 e. The number of hydrogen-bond donors (Lipinski definition) is 1. The number of methoxy groups -OCH3 is 1. The SMILES string of the molecule is COCCNCc1ccc(-n2cnc(C)c2C)c(Cl)c1. The van der Waals surface area contributed by atoms with E-state index in [9.17, 15) is 0 Å². The third kappa shape index (κ3) is 3.39. The lowest BCUT2D eigenvalue weighted by Crippen LogP contribution is -2.18. The lowest BCUT2D eigenvalue weighted by molar-refractivity contribution is 0.199. The van der Waals surface area contributed by atoms with Crippen molar-refractivity contribution in [1.82, 2.24) is 14.9 Å². The lowest BCUT2D eigenvalue weighted by Gasteiger charge is -2.10. The second-order valence-electron chi connectivity index (χ2n) is 4.74. The maximum absolute atomic E-state index is 6.38. The van der Waals surface area contributed by atoms with Crippen LogP contribution in [0.5, 0.6) is 0 Å². The van der Waals surface area contributed by atoms with Gasteiger partial charge in [0.2, 0.25) is 0 Å². The van der Waals surface area contributed by atoms with Crippen LogP contribution in [0.2, 0.25) is 5.02 Å². The average molecular weight is 294 g/mol. The van der Waals surface area contributed by atoms with Gasteiger partial charge in [-0.2, -0.15) is 0 Å². The van der Waals surface area contributed by atoms with Gasteiger partial charge in [-0.3, -0.25) is 0 Å². The molecule has 0 spiro atoms. The fourth-order valence-electron chi connectivity index (χ4n) is 2.00. The van der Waals surface area contributed by atoms with Gasteiger partial charge in [0.25, 0.3) is 0 Å². The Morgan fingerprint density at radius 3 is 2.75 bits per heavy atom. The van der Waals surface area contributed by atoms with Crippen molar-refractivity contribution >= 4 is 11.6 Å². The fraction of sp³-hybridized carbons (Fsp3) is 0.400. The van der Waals surface area contributed by atoms with Gasteiger partial charge in [-0.25, -0.2) is 4.98 Å². The minimum Gasteiger partial charge on any atom is -0.383 e. The van der Waals surface area contributed by atoms with E-state index in [1.165, 1.54) is 0 Å². The number of aryl methyl sites for hydroxylation is 1. The summed E-state index contributed by atoms with van der Waals surface area (Å²) in [6.45, 7) is 6.35. The van der Waals surface area contributed by atoms with E-state index in [4.69, 9.17) is 16.3 Å². The molecule has 1 aromatic heterocycles. The van der Waals surface area contributed by atoms with Gasteiger partial charge >= 0.3 is 0 Å². The van der Waals surface area contributed by atoms with Crippen LogP contribution < -0.4 is 5.32 Å². The van der Waals surface area contributed by atoms with Gasteiger partial charge < -0.3 is 14.6 Å². The van der Waals surface area contributed by atoms with Crippen molar-refractivity contribution < 1.29 is 4.74 Å². The minimum absolute atomic E-state index is 0.708. The van der Waals surface area contributed by atoms with E-state index in [0.717, 1.165) is 40.8 Å². The summed E-state index contributed by atoms with van der Waals surface area (Å²) < 4.78 is 7.01. The van der Waals surface area contributed by atoms with E-state index in [2.05, 4.69) is 16.4 Å². The second kappa shape index (κ2) is 6.88. The van der Waals surface area contributed by atoms with E-state index in [0.29, 0.717) is 6.61 Å². The molecule has 0 bridgehead atoms. The van der Waals surface area contributed by atoms with Crippen LogP contribution in [0.3, 0.4) is 0 Å². The van der Waals surface area contributed by atoms with Crippen LogP contribution in [0.15, 0.2) is 24.5 Å². The van der Waals surface area contributed by atoms with E-state index < -0.39 is 0 Å². The number of rotatable bonds is 6. The predicted octanol–water partition coefficient (Wildman–Crippen LogP) is 2.88. The van der Waals surface area contributed by atoms with Gasteiger partial charge in [0.15, 0.2) is 0 Å². The molecule has 2 rings (SSSR count). The maximum atomic E-state index is 6.38. The monoisotopic (exact) mass is 293 g/mol. The summed E-state index contributed by atoms with van der Waals surface area (Å²) in [6, 6.07) is 6.10. The molecule has 0 aliphatic carbocycles. The van der Waals surface area contributed by atoms with E-state index >= 15 is 0 Å². The third-order valence-corrected chi connectivity index (χ3v) is 3.64. The highest BCUT2D eigenvalue weighted by Gasteiger charge is 2.08. The Kier molecular flexibility index (Phi) is 5.17. The summed E-state index contributed by atoms with van der Waals surface area (Å²) in [7, 11) is 1.70. The molecule has 0 aliphatic heterocycles. The summed E-state index contributed by atoms with van der Waals surface area (Å²) in [5.74, 6) is 0. The Bertz CT molecular complexity index is 580. The number of imidazole rings is 1. The standard InChI is InChI=1S/C15H20ClN3O/c1-11-12(2)19(10-18-11)15-5-4-13(8-14(15)16)9-17-6-7-20-3/h4-5,8,10,17H,6-7,9H2,1-3H3. The summed E-state index contributed by atoms with van der Waals surface area (Å²) >= 11 is 6.38. The molecule has 4 nitrogen and oxygen atoms in total. The molecule has 0 fully saturated rings. The van der Waals surface area contributed by atoms with Crippen LogP contribution in [0.4, 0.5) is 0 Å². The van der Waals surface area contributed by atoms with Crippen LogP contribution in [0.25, 0.3) is 5.69 Å². The minimum atomic E-state index is 0.708. The van der Waals surface area contributed by atoms with E-state index in [1.807, 2.05) is 36.9 Å². The topological polar surface area (TPSA) is 39.1 Å². The first-order valence-electron chi connectivity index (χ1n) is 6.62. The molecule has 0 saturated heterocycles. The molecule has 108 valence electrons. The lowest BCUT2D eigenvalue weighted by atomic mass is 10.2. The van der Waals surface area contributed by atoms with Crippen molar-refractivity contribution in [2.75, 3.05) is 20.3 Å². The maximum Gasteiger partial charge on any atom is 0.0997 e. The van der Waals surface area contributed by atoms with Crippen LogP contribution in [0, 0.1) is 13.8 Å². The molecule has 0 amide bonds. The average Bonchev–Trinajstić information content (AvgIpc) is 2.76. The van der Waals surface area contributed by atoms with Crippen molar-refractivity contribution in [1.29, 1.82) is 0 Å². The molecule has 0 saturated carbocycles. The summed E-state index contributed by atoms with van der Waals surface area (Å²) in [6.07, 6.45) is 1.81. The first kappa shape index (κ1) is 15.0. The quantitative estimate of drug-likeness (QED) is 0.833. The molecule has 1 heterocycles. The zero-order valence-electron chi connectivity index (χ0n) is 12.1. The number of halogens is 1. The Labute approximate surface area is 124 Å². The van der Waals surface area contributed by atoms with Crippen molar-refractivity contribution in [2.24, 2.45) is 0 Å². The van der Waals surface area contributed by atoms with Gasteiger partial charge in [-0.1, -0.05) is 17.7 Å². The van der Waals surface area contributed by atoms with Crippen LogP contribution in [-0.2, 0) is 11.3 Å². The highest BCUT2D eigenvalue weighted by atomic mass is 35.5. The van der Waals surface area contributed by atoms with Gasteiger partial charge in [0.05, 0.1) is 29.3 Å². The molecular formula is C15H20ClN3O. The molecule has 1 N–H and O–H groups in total. The number of nitrogens with one attached hydrogen (secondary N) is 1. The number of aromatic nitrogens is 2. The van der Waals surface area contributed by atoms with Crippen molar-refractivity contribution in [3.8, 4) is 5.69 Å². The Balaban J connectivity index is 2.12. The first-order chi connectivity index (χ1) is 9.63. The normalized spacial score (nSPS) is 11.0. The fourth-order valence-corrected chi connectivity index (χ4v) is 2.30. The molecule has 1 aromatic carbocycles. The summed E-state index contributed by atoms with van der Waals surface area (Å²) in [5.41, 5.74) is 4.25. The molecular weight excluding hydrogens is 274 g/mol.